The van der Waals surface area contributed by atoms with Crippen LogP contribution in [0.15, 0.2) is 30.8 Å². The van der Waals surface area contributed by atoms with Gasteiger partial charge in [-0.15, -0.1) is 0 Å². The second-order valence-electron chi connectivity index (χ2n) is 6.85. The molecule has 1 saturated carbocycles. The molecule has 0 radical (unpaired) electrons. The first-order valence-electron chi connectivity index (χ1n) is 8.19. The predicted octanol–water partition coefficient (Wildman–Crippen LogP) is 5.43. The van der Waals surface area contributed by atoms with Crippen molar-refractivity contribution in [2.45, 2.75) is 46.5 Å². The van der Waals surface area contributed by atoms with Crippen LogP contribution in [0.25, 0.3) is 16.6 Å². The number of hydrogen-bond donors (Lipinski definition) is 1. The molecule has 2 aromatic rings. The first-order chi connectivity index (χ1) is 10.1. The van der Waals surface area contributed by atoms with E-state index < -0.39 is 0 Å². The molecule has 2 nitrogen and oxygen atoms in total. The van der Waals surface area contributed by atoms with Gasteiger partial charge in [-0.05, 0) is 54.2 Å². The third-order valence-corrected chi connectivity index (χ3v) is 5.86. The van der Waals surface area contributed by atoms with E-state index in [1.807, 2.05) is 18.2 Å². The number of nitrogens with zero attached hydrogens (tertiary/aromatic N) is 1. The number of aromatic amines is 1. The fraction of sp³-hybridized carbons (Fsp3) is 0.526. The third-order valence-electron chi connectivity index (χ3n) is 5.86. The van der Waals surface area contributed by atoms with Gasteiger partial charge in [-0.25, -0.2) is 4.98 Å². The SMILES string of the molecule is C=C(CCC[C@H]1[C@H](C)[C@@]1(C)CC)c1nc2ccccc2[nH]1. The quantitative estimate of drug-likeness (QED) is 0.752. The number of fused-ring (bicyclic) bond motifs is 1. The second-order valence-corrected chi connectivity index (χ2v) is 6.85. The molecule has 3 rings (SSSR count). The highest BCUT2D eigenvalue weighted by atomic mass is 14.9. The van der Waals surface area contributed by atoms with Crippen LogP contribution in [0.1, 0.15) is 52.3 Å². The molecule has 0 unspecified atom stereocenters. The summed E-state index contributed by atoms with van der Waals surface area (Å²) in [4.78, 5) is 8.01. The van der Waals surface area contributed by atoms with Gasteiger partial charge in [0.25, 0.3) is 0 Å². The lowest BCUT2D eigenvalue weighted by molar-refractivity contribution is 0.452. The summed E-state index contributed by atoms with van der Waals surface area (Å²) in [5.41, 5.74) is 3.87. The molecular formula is C19H26N2. The Bertz CT molecular complexity index is 621. The summed E-state index contributed by atoms with van der Waals surface area (Å²) in [5, 5.41) is 0. The Balaban J connectivity index is 1.55. The summed E-state index contributed by atoms with van der Waals surface area (Å²) in [6.07, 6.45) is 4.90. The topological polar surface area (TPSA) is 28.7 Å². The lowest BCUT2D eigenvalue weighted by Crippen LogP contribution is -1.96. The Morgan fingerprint density at radius 1 is 1.38 bits per heavy atom. The largest absolute Gasteiger partial charge is 0.338 e. The van der Waals surface area contributed by atoms with Crippen LogP contribution in [-0.2, 0) is 0 Å². The minimum absolute atomic E-state index is 0.598. The first kappa shape index (κ1) is 14.4. The summed E-state index contributed by atoms with van der Waals surface area (Å²) in [6.45, 7) is 11.4. The minimum Gasteiger partial charge on any atom is -0.338 e. The number of para-hydroxylation sites is 2. The van der Waals surface area contributed by atoms with Gasteiger partial charge in [0.2, 0.25) is 0 Å². The second kappa shape index (κ2) is 5.32. The molecule has 2 heteroatoms. The van der Waals surface area contributed by atoms with Crippen LogP contribution in [0.2, 0.25) is 0 Å². The smallest absolute Gasteiger partial charge is 0.133 e. The summed E-state index contributed by atoms with van der Waals surface area (Å²) in [7, 11) is 0. The maximum atomic E-state index is 4.63. The van der Waals surface area contributed by atoms with Gasteiger partial charge >= 0.3 is 0 Å². The molecule has 1 fully saturated rings. The van der Waals surface area contributed by atoms with Crippen LogP contribution < -0.4 is 0 Å². The van der Waals surface area contributed by atoms with Gasteiger partial charge < -0.3 is 4.98 Å². The molecule has 21 heavy (non-hydrogen) atoms. The van der Waals surface area contributed by atoms with Crippen molar-refractivity contribution in [1.82, 2.24) is 9.97 Å². The van der Waals surface area contributed by atoms with Gasteiger partial charge in [-0.2, -0.15) is 0 Å². The molecule has 0 bridgehead atoms. The fourth-order valence-corrected chi connectivity index (χ4v) is 3.85. The maximum absolute atomic E-state index is 4.63. The third kappa shape index (κ3) is 2.52. The van der Waals surface area contributed by atoms with E-state index >= 15 is 0 Å². The van der Waals surface area contributed by atoms with Crippen molar-refractivity contribution in [1.29, 1.82) is 0 Å². The van der Waals surface area contributed by atoms with E-state index in [9.17, 15) is 0 Å². The monoisotopic (exact) mass is 282 g/mol. The van der Waals surface area contributed by atoms with Gasteiger partial charge in [-0.3, -0.25) is 0 Å². The van der Waals surface area contributed by atoms with E-state index in [-0.39, 0.29) is 0 Å². The van der Waals surface area contributed by atoms with Gasteiger partial charge in [0.05, 0.1) is 11.0 Å². The molecular weight excluding hydrogens is 256 g/mol. The molecule has 0 amide bonds. The Kier molecular flexibility index (Phi) is 3.64. The van der Waals surface area contributed by atoms with Crippen LogP contribution in [0.3, 0.4) is 0 Å². The standard InChI is InChI=1S/C19H26N2/c1-5-19(4)14(3)15(19)10-8-9-13(2)18-20-16-11-6-7-12-17(16)21-18/h6-7,11-12,14-15H,2,5,8-10H2,1,3-4H3,(H,20,21)/t14-,15-,19+/m0/s1. The van der Waals surface area contributed by atoms with Crippen molar-refractivity contribution in [3.63, 3.8) is 0 Å². The average molecular weight is 282 g/mol. The number of aromatic nitrogens is 2. The van der Waals surface area contributed by atoms with Crippen molar-refractivity contribution in [2.75, 3.05) is 0 Å². The molecule has 0 saturated heterocycles. The van der Waals surface area contributed by atoms with E-state index in [1.165, 1.54) is 19.3 Å². The number of H-pyrrole nitrogens is 1. The Hall–Kier alpha value is -1.57. The highest BCUT2D eigenvalue weighted by Gasteiger charge is 2.55. The Labute approximate surface area is 127 Å². The molecule has 3 atom stereocenters. The maximum Gasteiger partial charge on any atom is 0.133 e. The Morgan fingerprint density at radius 3 is 2.81 bits per heavy atom. The molecule has 0 aliphatic heterocycles. The van der Waals surface area contributed by atoms with Crippen LogP contribution in [0, 0.1) is 17.3 Å². The number of rotatable bonds is 6. The summed E-state index contributed by atoms with van der Waals surface area (Å²) in [5.74, 6) is 2.76. The summed E-state index contributed by atoms with van der Waals surface area (Å²) in [6, 6.07) is 8.17. The average Bonchev–Trinajstić information content (AvgIpc) is 2.88. The van der Waals surface area contributed by atoms with Gasteiger partial charge in [0, 0.05) is 0 Å². The zero-order valence-electron chi connectivity index (χ0n) is 13.4. The van der Waals surface area contributed by atoms with Crippen LogP contribution in [-0.4, -0.2) is 9.97 Å². The molecule has 1 aliphatic rings. The molecule has 1 N–H and O–H groups in total. The minimum atomic E-state index is 0.598. The fourth-order valence-electron chi connectivity index (χ4n) is 3.85. The van der Waals surface area contributed by atoms with E-state index in [0.29, 0.717) is 5.41 Å². The molecule has 1 heterocycles. The Morgan fingerprint density at radius 2 is 2.14 bits per heavy atom. The van der Waals surface area contributed by atoms with Crippen LogP contribution in [0.4, 0.5) is 0 Å². The van der Waals surface area contributed by atoms with Gasteiger partial charge in [0.15, 0.2) is 0 Å². The van der Waals surface area contributed by atoms with Crippen molar-refractivity contribution in [3.8, 4) is 0 Å². The number of nitrogens with one attached hydrogen (secondary N) is 1. The van der Waals surface area contributed by atoms with Gasteiger partial charge in [-0.1, -0.05) is 45.9 Å². The van der Waals surface area contributed by atoms with E-state index in [4.69, 9.17) is 0 Å². The van der Waals surface area contributed by atoms with Gasteiger partial charge in [0.1, 0.15) is 5.82 Å². The van der Waals surface area contributed by atoms with E-state index in [1.54, 1.807) is 0 Å². The summed E-state index contributed by atoms with van der Waals surface area (Å²) < 4.78 is 0. The summed E-state index contributed by atoms with van der Waals surface area (Å²) >= 11 is 0. The number of hydrogen-bond acceptors (Lipinski definition) is 1. The number of imidazole rings is 1. The molecule has 0 spiro atoms. The molecule has 1 aromatic heterocycles. The zero-order valence-corrected chi connectivity index (χ0v) is 13.4. The van der Waals surface area contributed by atoms with E-state index in [0.717, 1.165) is 40.7 Å². The predicted molar refractivity (Wildman–Crippen MR) is 90.0 cm³/mol. The van der Waals surface area contributed by atoms with Crippen molar-refractivity contribution in [2.24, 2.45) is 17.3 Å². The van der Waals surface area contributed by atoms with E-state index in [2.05, 4.69) is 43.4 Å². The highest BCUT2D eigenvalue weighted by molar-refractivity contribution is 5.78. The molecule has 1 aromatic carbocycles. The first-order valence-corrected chi connectivity index (χ1v) is 8.19. The van der Waals surface area contributed by atoms with Crippen molar-refractivity contribution >= 4 is 16.6 Å². The van der Waals surface area contributed by atoms with Crippen molar-refractivity contribution in [3.05, 3.63) is 36.7 Å². The lowest BCUT2D eigenvalue weighted by atomic mass is 9.99. The lowest BCUT2D eigenvalue weighted by Gasteiger charge is -2.07. The highest BCUT2D eigenvalue weighted by Crippen LogP contribution is 2.62. The zero-order chi connectivity index (χ0) is 15.0. The number of allylic oxidation sites excluding steroid dienone is 1. The normalized spacial score (nSPS) is 28.0. The molecule has 112 valence electrons. The van der Waals surface area contributed by atoms with Crippen LogP contribution in [0.5, 0.6) is 0 Å². The number of benzene rings is 1. The van der Waals surface area contributed by atoms with Crippen LogP contribution >= 0.6 is 0 Å². The van der Waals surface area contributed by atoms with Crippen molar-refractivity contribution < 1.29 is 0 Å². The molecule has 1 aliphatic carbocycles.